The Morgan fingerprint density at radius 3 is 2.38 bits per heavy atom. The predicted octanol–water partition coefficient (Wildman–Crippen LogP) is 2.94. The number of ether oxygens (including phenoxy) is 1. The average molecular weight is 430 g/mol. The summed E-state index contributed by atoms with van der Waals surface area (Å²) in [4.78, 5) is 28.3. The van der Waals surface area contributed by atoms with Gasteiger partial charge in [0.05, 0.1) is 24.4 Å². The summed E-state index contributed by atoms with van der Waals surface area (Å²) in [7, 11) is 1.70. The number of hydrogen-bond acceptors (Lipinski definition) is 6. The molecule has 0 bridgehead atoms. The molecule has 0 spiro atoms. The zero-order valence-corrected chi connectivity index (χ0v) is 18.2. The van der Waals surface area contributed by atoms with Gasteiger partial charge in [0.2, 0.25) is 5.91 Å². The number of carbonyl (C=O) groups excluding carboxylic acids is 1. The summed E-state index contributed by atoms with van der Waals surface area (Å²) in [5.74, 6) is 2.03. The van der Waals surface area contributed by atoms with Crippen LogP contribution in [0.25, 0.3) is 11.3 Å². The van der Waals surface area contributed by atoms with Crippen LogP contribution in [-0.2, 0) is 4.79 Å². The molecule has 7 nitrogen and oxygen atoms in total. The number of para-hydroxylation sites is 2. The van der Waals surface area contributed by atoms with Crippen molar-refractivity contribution in [3.05, 3.63) is 67.0 Å². The zero-order chi connectivity index (χ0) is 21.9. The zero-order valence-electron chi connectivity index (χ0n) is 18.2. The molecule has 3 heterocycles. The standard InChI is InChI=1S/C25H27N5O2/c1-32-23-10-6-5-9-22(23)28-11-13-29(14-12-28)25(31)20-16-30(17-20)24-15-21(26-18-27-24)19-7-3-2-4-8-19/h2-10,15,18,20H,11-14,16-17H2,1H3. The summed E-state index contributed by atoms with van der Waals surface area (Å²) >= 11 is 0. The van der Waals surface area contributed by atoms with Crippen LogP contribution < -0.4 is 14.5 Å². The van der Waals surface area contributed by atoms with Crippen LogP contribution in [0.1, 0.15) is 0 Å². The van der Waals surface area contributed by atoms with E-state index in [2.05, 4.69) is 25.8 Å². The number of piperazine rings is 1. The van der Waals surface area contributed by atoms with E-state index in [1.807, 2.05) is 59.5 Å². The van der Waals surface area contributed by atoms with Gasteiger partial charge < -0.3 is 19.4 Å². The minimum Gasteiger partial charge on any atom is -0.495 e. The molecule has 2 aliphatic rings. The lowest BCUT2D eigenvalue weighted by molar-refractivity contribution is -0.136. The predicted molar refractivity (Wildman–Crippen MR) is 125 cm³/mol. The summed E-state index contributed by atoms with van der Waals surface area (Å²) in [5, 5.41) is 0. The van der Waals surface area contributed by atoms with Gasteiger partial charge in [0.1, 0.15) is 17.9 Å². The van der Waals surface area contributed by atoms with Crippen LogP contribution >= 0.6 is 0 Å². The van der Waals surface area contributed by atoms with Crippen LogP contribution in [0.5, 0.6) is 5.75 Å². The summed E-state index contributed by atoms with van der Waals surface area (Å²) < 4.78 is 5.49. The normalized spacial score (nSPS) is 16.6. The maximum atomic E-state index is 13.0. The number of amides is 1. The minimum atomic E-state index is 0.0305. The Hall–Kier alpha value is -3.61. The Kier molecular flexibility index (Phi) is 5.62. The third-order valence-corrected chi connectivity index (χ3v) is 6.29. The lowest BCUT2D eigenvalue weighted by Gasteiger charge is -2.43. The Morgan fingerprint density at radius 2 is 1.62 bits per heavy atom. The molecule has 7 heteroatoms. The molecule has 0 atom stereocenters. The Labute approximate surface area is 188 Å². The molecule has 3 aromatic rings. The van der Waals surface area contributed by atoms with E-state index in [1.54, 1.807) is 13.4 Å². The highest BCUT2D eigenvalue weighted by Crippen LogP contribution is 2.30. The van der Waals surface area contributed by atoms with Crippen molar-refractivity contribution < 1.29 is 9.53 Å². The molecule has 32 heavy (non-hydrogen) atoms. The van der Waals surface area contributed by atoms with Gasteiger partial charge in [0, 0.05) is 50.9 Å². The van der Waals surface area contributed by atoms with Crippen LogP contribution in [0, 0.1) is 5.92 Å². The van der Waals surface area contributed by atoms with Crippen molar-refractivity contribution in [3.63, 3.8) is 0 Å². The van der Waals surface area contributed by atoms with E-state index in [0.29, 0.717) is 13.1 Å². The second-order valence-corrected chi connectivity index (χ2v) is 8.21. The fraction of sp³-hybridized carbons (Fsp3) is 0.320. The summed E-state index contributed by atoms with van der Waals surface area (Å²) in [6.45, 7) is 4.51. The molecule has 2 fully saturated rings. The van der Waals surface area contributed by atoms with Gasteiger partial charge in [-0.05, 0) is 12.1 Å². The molecule has 0 saturated carbocycles. The van der Waals surface area contributed by atoms with E-state index < -0.39 is 0 Å². The second-order valence-electron chi connectivity index (χ2n) is 8.21. The van der Waals surface area contributed by atoms with Crippen molar-refractivity contribution in [2.75, 3.05) is 56.2 Å². The maximum Gasteiger partial charge on any atom is 0.229 e. The Balaban J connectivity index is 1.16. The third kappa shape index (κ3) is 3.98. The van der Waals surface area contributed by atoms with E-state index in [0.717, 1.165) is 54.7 Å². The molecule has 0 unspecified atom stereocenters. The van der Waals surface area contributed by atoms with Crippen molar-refractivity contribution >= 4 is 17.4 Å². The first-order valence-electron chi connectivity index (χ1n) is 11.0. The SMILES string of the molecule is COc1ccccc1N1CCN(C(=O)C2CN(c3cc(-c4ccccc4)ncn3)C2)CC1. The number of methoxy groups -OCH3 is 1. The van der Waals surface area contributed by atoms with Crippen LogP contribution in [0.3, 0.4) is 0 Å². The molecular formula is C25H27N5O2. The van der Waals surface area contributed by atoms with Crippen LogP contribution in [-0.4, -0.2) is 67.2 Å². The topological polar surface area (TPSA) is 61.8 Å². The first-order chi connectivity index (χ1) is 15.7. The molecular weight excluding hydrogens is 402 g/mol. The highest BCUT2D eigenvalue weighted by Gasteiger charge is 2.37. The van der Waals surface area contributed by atoms with Gasteiger partial charge in [-0.2, -0.15) is 0 Å². The largest absolute Gasteiger partial charge is 0.495 e. The molecule has 0 radical (unpaired) electrons. The molecule has 2 aliphatic heterocycles. The van der Waals surface area contributed by atoms with Crippen molar-refractivity contribution in [1.29, 1.82) is 0 Å². The quantitative estimate of drug-likeness (QED) is 0.622. The minimum absolute atomic E-state index is 0.0305. The number of anilines is 2. The Bertz CT molecular complexity index is 1080. The lowest BCUT2D eigenvalue weighted by atomic mass is 9.97. The number of hydrogen-bond donors (Lipinski definition) is 0. The van der Waals surface area contributed by atoms with Crippen LogP contribution in [0.4, 0.5) is 11.5 Å². The van der Waals surface area contributed by atoms with Gasteiger partial charge in [0.25, 0.3) is 0 Å². The number of benzene rings is 2. The number of aromatic nitrogens is 2. The maximum absolute atomic E-state index is 13.0. The fourth-order valence-corrected chi connectivity index (χ4v) is 4.43. The van der Waals surface area contributed by atoms with Gasteiger partial charge in [-0.3, -0.25) is 4.79 Å². The van der Waals surface area contributed by atoms with Crippen molar-refractivity contribution in [3.8, 4) is 17.0 Å². The van der Waals surface area contributed by atoms with E-state index in [-0.39, 0.29) is 11.8 Å². The molecule has 2 saturated heterocycles. The van der Waals surface area contributed by atoms with Gasteiger partial charge in [-0.25, -0.2) is 9.97 Å². The van der Waals surface area contributed by atoms with Crippen LogP contribution in [0.2, 0.25) is 0 Å². The van der Waals surface area contributed by atoms with Crippen molar-refractivity contribution in [2.45, 2.75) is 0 Å². The first-order valence-corrected chi connectivity index (χ1v) is 11.0. The average Bonchev–Trinajstić information content (AvgIpc) is 2.84. The summed E-state index contributed by atoms with van der Waals surface area (Å²) in [5.41, 5.74) is 3.06. The number of nitrogens with zero attached hydrogens (tertiary/aromatic N) is 5. The monoisotopic (exact) mass is 429 g/mol. The summed E-state index contributed by atoms with van der Waals surface area (Å²) in [6, 6.07) is 20.1. The van der Waals surface area contributed by atoms with E-state index in [1.165, 1.54) is 0 Å². The first kappa shape index (κ1) is 20.3. The molecule has 5 rings (SSSR count). The van der Waals surface area contributed by atoms with Gasteiger partial charge in [-0.15, -0.1) is 0 Å². The van der Waals surface area contributed by atoms with Gasteiger partial charge in [-0.1, -0.05) is 42.5 Å². The highest BCUT2D eigenvalue weighted by molar-refractivity contribution is 5.82. The number of carbonyl (C=O) groups is 1. The van der Waals surface area contributed by atoms with Crippen molar-refractivity contribution in [1.82, 2.24) is 14.9 Å². The fourth-order valence-electron chi connectivity index (χ4n) is 4.43. The molecule has 1 aromatic heterocycles. The third-order valence-electron chi connectivity index (χ3n) is 6.29. The van der Waals surface area contributed by atoms with Crippen molar-refractivity contribution in [2.24, 2.45) is 5.92 Å². The molecule has 2 aromatic carbocycles. The van der Waals surface area contributed by atoms with E-state index in [9.17, 15) is 4.79 Å². The molecule has 0 N–H and O–H groups in total. The van der Waals surface area contributed by atoms with E-state index in [4.69, 9.17) is 4.74 Å². The Morgan fingerprint density at radius 1 is 0.906 bits per heavy atom. The second kappa shape index (κ2) is 8.86. The van der Waals surface area contributed by atoms with E-state index >= 15 is 0 Å². The number of rotatable bonds is 5. The summed E-state index contributed by atoms with van der Waals surface area (Å²) in [6.07, 6.45) is 1.60. The molecule has 0 aliphatic carbocycles. The highest BCUT2D eigenvalue weighted by atomic mass is 16.5. The molecule has 164 valence electrons. The molecule has 1 amide bonds. The smallest absolute Gasteiger partial charge is 0.229 e. The van der Waals surface area contributed by atoms with Crippen LogP contribution in [0.15, 0.2) is 67.0 Å². The van der Waals surface area contributed by atoms with Gasteiger partial charge >= 0.3 is 0 Å². The lowest BCUT2D eigenvalue weighted by Crippen LogP contribution is -2.58. The van der Waals surface area contributed by atoms with Gasteiger partial charge in [0.15, 0.2) is 0 Å².